The van der Waals surface area contributed by atoms with Crippen LogP contribution in [0.5, 0.6) is 0 Å². The van der Waals surface area contributed by atoms with E-state index in [-0.39, 0.29) is 6.03 Å². The fourth-order valence-corrected chi connectivity index (χ4v) is 2.16. The summed E-state index contributed by atoms with van der Waals surface area (Å²) in [7, 11) is 0. The van der Waals surface area contributed by atoms with Crippen molar-refractivity contribution in [2.75, 3.05) is 10.6 Å². The Morgan fingerprint density at radius 1 is 1.00 bits per heavy atom. The molecule has 0 saturated carbocycles. The predicted octanol–water partition coefficient (Wildman–Crippen LogP) is 3.73. The second kappa shape index (κ2) is 8.54. The smallest absolute Gasteiger partial charge is 0.323 e. The summed E-state index contributed by atoms with van der Waals surface area (Å²) in [5.41, 5.74) is 2.91. The van der Waals surface area contributed by atoms with Crippen LogP contribution < -0.4 is 10.6 Å². The molecule has 4 aromatic rings. The fraction of sp³-hybridized carbons (Fsp3) is 0. The molecule has 0 aliphatic rings. The van der Waals surface area contributed by atoms with Gasteiger partial charge in [-0.3, -0.25) is 0 Å². The average Bonchev–Trinajstić information content (AvgIpc) is 3.12. The van der Waals surface area contributed by atoms with E-state index in [0.29, 0.717) is 16.5 Å². The summed E-state index contributed by atoms with van der Waals surface area (Å²) in [5, 5.41) is 5.69. The van der Waals surface area contributed by atoms with E-state index in [1.807, 2.05) is 18.2 Å². The van der Waals surface area contributed by atoms with Gasteiger partial charge in [0.2, 0.25) is 0 Å². The van der Waals surface area contributed by atoms with E-state index >= 15 is 0 Å². The number of rotatable bonds is 2. The predicted molar refractivity (Wildman–Crippen MR) is 100 cm³/mol. The standard InChI is InChI=1S/C12H10ClN3O.C5H4N4/c13-11-8-10(6-7-14-11)16-12(17)15-9-4-2-1-3-5-9;1-4-5(8-2-6-1)9-3-7-4/h1-8H,(H2,14,15,16,17);1-3H,(H,6,7,8,9). The highest BCUT2D eigenvalue weighted by molar-refractivity contribution is 6.29. The Bertz CT molecular complexity index is 960. The van der Waals surface area contributed by atoms with Crippen LogP contribution in [-0.2, 0) is 0 Å². The molecule has 0 radical (unpaired) electrons. The third-order valence-electron chi connectivity index (χ3n) is 3.11. The number of aromatic amines is 1. The lowest BCUT2D eigenvalue weighted by Gasteiger charge is -2.07. The molecule has 0 unspecified atom stereocenters. The Morgan fingerprint density at radius 3 is 2.58 bits per heavy atom. The van der Waals surface area contributed by atoms with Crippen molar-refractivity contribution in [1.29, 1.82) is 0 Å². The van der Waals surface area contributed by atoms with Gasteiger partial charge >= 0.3 is 6.03 Å². The maximum absolute atomic E-state index is 11.6. The monoisotopic (exact) mass is 367 g/mol. The maximum Gasteiger partial charge on any atom is 0.323 e. The van der Waals surface area contributed by atoms with Gasteiger partial charge < -0.3 is 15.6 Å². The number of hydrogen-bond acceptors (Lipinski definition) is 5. The molecule has 26 heavy (non-hydrogen) atoms. The average molecular weight is 368 g/mol. The number of para-hydroxylation sites is 1. The Kier molecular flexibility index (Phi) is 5.69. The molecule has 8 nitrogen and oxygen atoms in total. The third kappa shape index (κ3) is 4.99. The van der Waals surface area contributed by atoms with E-state index in [9.17, 15) is 4.79 Å². The summed E-state index contributed by atoms with van der Waals surface area (Å²) in [6, 6.07) is 12.1. The number of aromatic nitrogens is 5. The van der Waals surface area contributed by atoms with Gasteiger partial charge in [-0.25, -0.2) is 24.7 Å². The van der Waals surface area contributed by atoms with Gasteiger partial charge in [-0.15, -0.1) is 0 Å². The van der Waals surface area contributed by atoms with E-state index in [2.05, 4.69) is 35.6 Å². The SMILES string of the molecule is O=C(Nc1ccccc1)Nc1ccnc(Cl)c1.c1ncc2[nH]cnc2n1. The van der Waals surface area contributed by atoms with Crippen molar-refractivity contribution in [3.05, 3.63) is 72.7 Å². The largest absolute Gasteiger partial charge is 0.342 e. The minimum Gasteiger partial charge on any atom is -0.342 e. The molecule has 9 heteroatoms. The van der Waals surface area contributed by atoms with Crippen LogP contribution in [0, 0.1) is 0 Å². The zero-order valence-corrected chi connectivity index (χ0v) is 14.2. The summed E-state index contributed by atoms with van der Waals surface area (Å²) in [6.45, 7) is 0. The summed E-state index contributed by atoms with van der Waals surface area (Å²) >= 11 is 5.71. The molecule has 0 atom stereocenters. The number of imidazole rings is 1. The number of carbonyl (C=O) groups is 1. The summed E-state index contributed by atoms with van der Waals surface area (Å²) in [5.74, 6) is 0. The van der Waals surface area contributed by atoms with Gasteiger partial charge in [0.25, 0.3) is 0 Å². The summed E-state index contributed by atoms with van der Waals surface area (Å²) in [4.78, 5) is 29.9. The zero-order chi connectivity index (χ0) is 18.2. The lowest BCUT2D eigenvalue weighted by molar-refractivity contribution is 0.262. The van der Waals surface area contributed by atoms with Crippen LogP contribution in [-0.4, -0.2) is 31.0 Å². The molecule has 0 spiro atoms. The molecular weight excluding hydrogens is 354 g/mol. The molecule has 4 rings (SSSR count). The van der Waals surface area contributed by atoms with Gasteiger partial charge in [-0.1, -0.05) is 29.8 Å². The van der Waals surface area contributed by atoms with Crippen molar-refractivity contribution >= 4 is 40.2 Å². The normalized spacial score (nSPS) is 9.88. The first-order valence-electron chi connectivity index (χ1n) is 7.54. The number of amides is 2. The Hall–Kier alpha value is -3.52. The van der Waals surface area contributed by atoms with Crippen molar-refractivity contribution in [3.63, 3.8) is 0 Å². The van der Waals surface area contributed by atoms with Crippen molar-refractivity contribution in [1.82, 2.24) is 24.9 Å². The molecule has 3 aromatic heterocycles. The highest BCUT2D eigenvalue weighted by Gasteiger charge is 2.02. The van der Waals surface area contributed by atoms with Crippen LogP contribution in [0.15, 0.2) is 67.5 Å². The Balaban J connectivity index is 0.000000181. The zero-order valence-electron chi connectivity index (χ0n) is 13.4. The van der Waals surface area contributed by atoms with Gasteiger partial charge in [0.1, 0.15) is 17.0 Å². The highest BCUT2D eigenvalue weighted by atomic mass is 35.5. The minimum atomic E-state index is -0.321. The van der Waals surface area contributed by atoms with Crippen LogP contribution >= 0.6 is 11.6 Å². The van der Waals surface area contributed by atoms with Gasteiger partial charge in [0.15, 0.2) is 5.65 Å². The van der Waals surface area contributed by atoms with Crippen LogP contribution in [0.1, 0.15) is 0 Å². The number of anilines is 2. The third-order valence-corrected chi connectivity index (χ3v) is 3.32. The molecular formula is C17H14ClN7O. The van der Waals surface area contributed by atoms with Crippen molar-refractivity contribution in [2.24, 2.45) is 0 Å². The van der Waals surface area contributed by atoms with Crippen molar-refractivity contribution in [3.8, 4) is 0 Å². The van der Waals surface area contributed by atoms with Gasteiger partial charge in [-0.05, 0) is 24.3 Å². The highest BCUT2D eigenvalue weighted by Crippen LogP contribution is 2.12. The molecule has 0 fully saturated rings. The molecule has 130 valence electrons. The van der Waals surface area contributed by atoms with Crippen LogP contribution in [0.3, 0.4) is 0 Å². The lowest BCUT2D eigenvalue weighted by Crippen LogP contribution is -2.19. The first-order chi connectivity index (χ1) is 12.7. The van der Waals surface area contributed by atoms with Crippen molar-refractivity contribution in [2.45, 2.75) is 0 Å². The quantitative estimate of drug-likeness (QED) is 0.468. The first-order valence-corrected chi connectivity index (χ1v) is 7.92. The molecule has 0 aliphatic carbocycles. The van der Waals surface area contributed by atoms with Crippen molar-refractivity contribution < 1.29 is 4.79 Å². The summed E-state index contributed by atoms with van der Waals surface area (Å²) in [6.07, 6.45) is 6.29. The molecule has 3 heterocycles. The first kappa shape index (κ1) is 17.3. The molecule has 0 saturated heterocycles. The maximum atomic E-state index is 11.6. The van der Waals surface area contributed by atoms with Crippen LogP contribution in [0.25, 0.3) is 11.2 Å². The molecule has 0 aliphatic heterocycles. The number of carbonyl (C=O) groups excluding carboxylic acids is 1. The number of fused-ring (bicyclic) bond motifs is 1. The van der Waals surface area contributed by atoms with Gasteiger partial charge in [-0.2, -0.15) is 0 Å². The number of halogens is 1. The van der Waals surface area contributed by atoms with E-state index < -0.39 is 0 Å². The van der Waals surface area contributed by atoms with Gasteiger partial charge in [0.05, 0.1) is 12.5 Å². The number of nitrogens with one attached hydrogen (secondary N) is 3. The number of benzene rings is 1. The molecule has 3 N–H and O–H groups in total. The number of H-pyrrole nitrogens is 1. The number of nitrogens with zero attached hydrogens (tertiary/aromatic N) is 4. The molecule has 0 bridgehead atoms. The van der Waals surface area contributed by atoms with Gasteiger partial charge in [0, 0.05) is 17.6 Å². The van der Waals surface area contributed by atoms with E-state index in [1.54, 1.807) is 36.8 Å². The molecule has 2 amide bonds. The second-order valence-electron chi connectivity index (χ2n) is 4.97. The topological polar surface area (TPSA) is 108 Å². The minimum absolute atomic E-state index is 0.321. The number of hydrogen-bond donors (Lipinski definition) is 3. The lowest BCUT2D eigenvalue weighted by atomic mass is 10.3. The van der Waals surface area contributed by atoms with Crippen LogP contribution in [0.2, 0.25) is 5.15 Å². The molecule has 1 aromatic carbocycles. The second-order valence-corrected chi connectivity index (χ2v) is 5.36. The summed E-state index contributed by atoms with van der Waals surface area (Å²) < 4.78 is 0. The van der Waals surface area contributed by atoms with E-state index in [1.165, 1.54) is 12.5 Å². The van der Waals surface area contributed by atoms with E-state index in [0.717, 1.165) is 11.2 Å². The number of urea groups is 1. The Labute approximate surface area is 153 Å². The van der Waals surface area contributed by atoms with Crippen LogP contribution in [0.4, 0.5) is 16.2 Å². The Morgan fingerprint density at radius 2 is 1.81 bits per heavy atom. The fourth-order valence-electron chi connectivity index (χ4n) is 1.99. The van der Waals surface area contributed by atoms with E-state index in [4.69, 9.17) is 11.6 Å². The number of pyridine rings is 1.